The van der Waals surface area contributed by atoms with E-state index in [0.717, 1.165) is 36.3 Å². The molecule has 2 N–H and O–H groups in total. The number of hydrogen-bond acceptors (Lipinski definition) is 2. The number of anilines is 1. The van der Waals surface area contributed by atoms with Crippen molar-refractivity contribution >= 4 is 38.9 Å². The quantitative estimate of drug-likeness (QED) is 0.607. The Morgan fingerprint density at radius 1 is 1.37 bits per heavy atom. The van der Waals surface area contributed by atoms with Crippen LogP contribution in [0, 0.1) is 13.8 Å². The standard InChI is InChI=1S/C14H21BrN2OS/c1-4-18-7-5-6-16-14(19)17-13-11(3)8-10(2)9-12(13)15/h8-9H,4-7H2,1-3H3,(H2,16,17,19). The number of hydrogen-bond donors (Lipinski definition) is 2. The van der Waals surface area contributed by atoms with E-state index in [2.05, 4.69) is 52.5 Å². The van der Waals surface area contributed by atoms with Crippen molar-refractivity contribution < 1.29 is 4.74 Å². The minimum atomic E-state index is 0.643. The van der Waals surface area contributed by atoms with Gasteiger partial charge in [0, 0.05) is 24.2 Å². The molecular formula is C14H21BrN2OS. The Morgan fingerprint density at radius 3 is 2.74 bits per heavy atom. The van der Waals surface area contributed by atoms with Crippen LogP contribution in [0.2, 0.25) is 0 Å². The van der Waals surface area contributed by atoms with Gasteiger partial charge in [0.15, 0.2) is 5.11 Å². The summed E-state index contributed by atoms with van der Waals surface area (Å²) >= 11 is 8.84. The highest BCUT2D eigenvalue weighted by molar-refractivity contribution is 9.10. The summed E-state index contributed by atoms with van der Waals surface area (Å²) in [4.78, 5) is 0. The largest absolute Gasteiger partial charge is 0.382 e. The molecule has 0 amide bonds. The molecule has 0 aliphatic heterocycles. The molecule has 0 saturated heterocycles. The van der Waals surface area contributed by atoms with Gasteiger partial charge in [-0.1, -0.05) is 6.07 Å². The fraction of sp³-hybridized carbons (Fsp3) is 0.500. The van der Waals surface area contributed by atoms with Crippen LogP contribution in [0.4, 0.5) is 5.69 Å². The maximum Gasteiger partial charge on any atom is 0.170 e. The first kappa shape index (κ1) is 16.4. The number of ether oxygens (including phenoxy) is 1. The van der Waals surface area contributed by atoms with E-state index in [0.29, 0.717) is 5.11 Å². The molecule has 3 nitrogen and oxygen atoms in total. The maximum atomic E-state index is 5.28. The smallest absolute Gasteiger partial charge is 0.170 e. The highest BCUT2D eigenvalue weighted by atomic mass is 79.9. The molecule has 0 aliphatic carbocycles. The third-order valence-corrected chi connectivity index (χ3v) is 3.50. The fourth-order valence-corrected chi connectivity index (χ4v) is 2.73. The van der Waals surface area contributed by atoms with Crippen molar-refractivity contribution in [1.29, 1.82) is 0 Å². The van der Waals surface area contributed by atoms with Crippen molar-refractivity contribution in [2.24, 2.45) is 0 Å². The topological polar surface area (TPSA) is 33.3 Å². The number of rotatable bonds is 6. The van der Waals surface area contributed by atoms with Crippen LogP contribution >= 0.6 is 28.1 Å². The first-order valence-electron chi connectivity index (χ1n) is 6.44. The molecule has 0 aliphatic rings. The number of thiocarbonyl (C=S) groups is 1. The van der Waals surface area contributed by atoms with E-state index in [1.54, 1.807) is 0 Å². The summed E-state index contributed by atoms with van der Waals surface area (Å²) in [6.45, 7) is 8.48. The number of nitrogens with one attached hydrogen (secondary N) is 2. The van der Waals surface area contributed by atoms with Crippen LogP contribution in [0.5, 0.6) is 0 Å². The lowest BCUT2D eigenvalue weighted by atomic mass is 10.1. The zero-order chi connectivity index (χ0) is 14.3. The molecule has 0 spiro atoms. The van der Waals surface area contributed by atoms with Crippen LogP contribution < -0.4 is 10.6 Å². The van der Waals surface area contributed by atoms with Crippen molar-refractivity contribution in [3.8, 4) is 0 Å². The molecule has 0 unspecified atom stereocenters. The normalized spacial score (nSPS) is 10.3. The van der Waals surface area contributed by atoms with E-state index < -0.39 is 0 Å². The molecule has 106 valence electrons. The van der Waals surface area contributed by atoms with Gasteiger partial charge in [-0.2, -0.15) is 0 Å². The van der Waals surface area contributed by atoms with E-state index in [1.165, 1.54) is 11.1 Å². The Hall–Kier alpha value is -0.650. The van der Waals surface area contributed by atoms with Crippen LogP contribution in [0.1, 0.15) is 24.5 Å². The van der Waals surface area contributed by atoms with Crippen LogP contribution in [-0.2, 0) is 4.74 Å². The van der Waals surface area contributed by atoms with Gasteiger partial charge >= 0.3 is 0 Å². The second kappa shape index (κ2) is 8.51. The summed E-state index contributed by atoms with van der Waals surface area (Å²) in [5, 5.41) is 7.05. The van der Waals surface area contributed by atoms with Crippen LogP contribution in [0.25, 0.3) is 0 Å². The number of benzene rings is 1. The molecule has 0 bridgehead atoms. The second-order valence-electron chi connectivity index (χ2n) is 4.37. The zero-order valence-electron chi connectivity index (χ0n) is 11.7. The lowest BCUT2D eigenvalue weighted by Gasteiger charge is -2.14. The van der Waals surface area contributed by atoms with Gasteiger partial charge in [0.05, 0.1) is 5.69 Å². The molecule has 0 fully saturated rings. The van der Waals surface area contributed by atoms with Crippen LogP contribution in [0.15, 0.2) is 16.6 Å². The second-order valence-corrected chi connectivity index (χ2v) is 5.63. The predicted octanol–water partition coefficient (Wildman–Crippen LogP) is 3.78. The first-order valence-corrected chi connectivity index (χ1v) is 7.64. The fourth-order valence-electron chi connectivity index (χ4n) is 1.75. The molecular weight excluding hydrogens is 324 g/mol. The number of aryl methyl sites for hydroxylation is 2. The van der Waals surface area contributed by atoms with Gasteiger partial charge in [-0.05, 0) is 72.5 Å². The molecule has 1 aromatic rings. The number of halogens is 1. The lowest BCUT2D eigenvalue weighted by molar-refractivity contribution is 0.146. The van der Waals surface area contributed by atoms with Gasteiger partial charge in [-0.25, -0.2) is 0 Å². The molecule has 0 heterocycles. The molecule has 1 rings (SSSR count). The average Bonchev–Trinajstić information content (AvgIpc) is 2.33. The summed E-state index contributed by atoms with van der Waals surface area (Å²) in [7, 11) is 0. The van der Waals surface area contributed by atoms with Crippen molar-refractivity contribution in [1.82, 2.24) is 5.32 Å². The van der Waals surface area contributed by atoms with Gasteiger partial charge in [-0.3, -0.25) is 0 Å². The highest BCUT2D eigenvalue weighted by Crippen LogP contribution is 2.27. The van der Waals surface area contributed by atoms with E-state index in [9.17, 15) is 0 Å². The molecule has 0 aromatic heterocycles. The summed E-state index contributed by atoms with van der Waals surface area (Å²) in [6.07, 6.45) is 0.948. The van der Waals surface area contributed by atoms with Gasteiger partial charge in [0.25, 0.3) is 0 Å². The van der Waals surface area contributed by atoms with Crippen molar-refractivity contribution in [3.05, 3.63) is 27.7 Å². The summed E-state index contributed by atoms with van der Waals surface area (Å²) in [5.41, 5.74) is 3.42. The Labute approximate surface area is 129 Å². The van der Waals surface area contributed by atoms with Gasteiger partial charge in [0.2, 0.25) is 0 Å². The minimum absolute atomic E-state index is 0.643. The van der Waals surface area contributed by atoms with Gasteiger partial charge < -0.3 is 15.4 Å². The summed E-state index contributed by atoms with van der Waals surface area (Å²) in [6, 6.07) is 4.21. The van der Waals surface area contributed by atoms with E-state index >= 15 is 0 Å². The van der Waals surface area contributed by atoms with Crippen LogP contribution in [-0.4, -0.2) is 24.9 Å². The molecule has 5 heteroatoms. The summed E-state index contributed by atoms with van der Waals surface area (Å²) < 4.78 is 6.30. The Kier molecular flexibility index (Phi) is 7.34. The van der Waals surface area contributed by atoms with Crippen molar-refractivity contribution in [2.75, 3.05) is 25.1 Å². The van der Waals surface area contributed by atoms with Gasteiger partial charge in [-0.15, -0.1) is 0 Å². The van der Waals surface area contributed by atoms with E-state index in [1.807, 2.05) is 6.92 Å². The minimum Gasteiger partial charge on any atom is -0.382 e. The monoisotopic (exact) mass is 344 g/mol. The van der Waals surface area contributed by atoms with Crippen molar-refractivity contribution in [3.63, 3.8) is 0 Å². The Morgan fingerprint density at radius 2 is 2.11 bits per heavy atom. The van der Waals surface area contributed by atoms with Gasteiger partial charge in [0.1, 0.15) is 0 Å². The Bertz CT molecular complexity index is 414. The Balaban J connectivity index is 2.44. The zero-order valence-corrected chi connectivity index (χ0v) is 14.1. The SMILES string of the molecule is CCOCCCNC(=S)Nc1c(C)cc(C)cc1Br. The molecule has 19 heavy (non-hydrogen) atoms. The highest BCUT2D eigenvalue weighted by Gasteiger charge is 2.06. The van der Waals surface area contributed by atoms with Crippen LogP contribution in [0.3, 0.4) is 0 Å². The molecule has 0 radical (unpaired) electrons. The summed E-state index contributed by atoms with van der Waals surface area (Å²) in [5.74, 6) is 0. The third-order valence-electron chi connectivity index (χ3n) is 2.63. The van der Waals surface area contributed by atoms with Crippen molar-refractivity contribution in [2.45, 2.75) is 27.2 Å². The molecule has 0 saturated carbocycles. The average molecular weight is 345 g/mol. The van der Waals surface area contributed by atoms with E-state index in [4.69, 9.17) is 17.0 Å². The maximum absolute atomic E-state index is 5.28. The lowest BCUT2D eigenvalue weighted by Crippen LogP contribution is -2.30. The third kappa shape index (κ3) is 5.89. The molecule has 1 aromatic carbocycles. The predicted molar refractivity (Wildman–Crippen MR) is 88.9 cm³/mol. The van der Waals surface area contributed by atoms with E-state index in [-0.39, 0.29) is 0 Å². The first-order chi connectivity index (χ1) is 9.04. The molecule has 0 atom stereocenters.